The molecule has 23 heavy (non-hydrogen) atoms. The molecule has 0 spiro atoms. The molecule has 4 nitrogen and oxygen atoms in total. The van der Waals surface area contributed by atoms with Crippen LogP contribution in [0.3, 0.4) is 0 Å². The van der Waals surface area contributed by atoms with Gasteiger partial charge in [-0.2, -0.15) is 0 Å². The van der Waals surface area contributed by atoms with Crippen LogP contribution in [-0.2, 0) is 4.79 Å². The first-order valence-electron chi connectivity index (χ1n) is 8.34. The Balaban J connectivity index is 1.87. The molecule has 0 amide bonds. The largest absolute Gasteiger partial charge is 0.493 e. The maximum absolute atomic E-state index is 11.2. The third-order valence-corrected chi connectivity index (χ3v) is 5.55. The average molecular weight is 383 g/mol. The maximum atomic E-state index is 11.2. The van der Waals surface area contributed by atoms with E-state index in [2.05, 4.69) is 15.9 Å². The minimum Gasteiger partial charge on any atom is -0.493 e. The van der Waals surface area contributed by atoms with Crippen molar-refractivity contribution >= 4 is 21.9 Å². The number of halogens is 1. The standard InChI is InChI=1S/C18H23BrO4/c1-22-16-8-14(13(9-18(20)21)11-6-7-11)15(19)10-17(16)23-12-4-2-3-5-12/h8,10-13H,2-7,9H2,1H3,(H,20,21). The van der Waals surface area contributed by atoms with E-state index in [4.69, 9.17) is 9.47 Å². The third kappa shape index (κ3) is 4.00. The van der Waals surface area contributed by atoms with Gasteiger partial charge in [0, 0.05) is 4.47 Å². The summed E-state index contributed by atoms with van der Waals surface area (Å²) in [7, 11) is 1.64. The molecule has 1 aromatic carbocycles. The first-order chi connectivity index (χ1) is 11.1. The smallest absolute Gasteiger partial charge is 0.303 e. The third-order valence-electron chi connectivity index (χ3n) is 4.86. The molecule has 2 aliphatic carbocycles. The Morgan fingerprint density at radius 2 is 1.96 bits per heavy atom. The zero-order chi connectivity index (χ0) is 16.4. The summed E-state index contributed by atoms with van der Waals surface area (Å²) in [5.41, 5.74) is 1.02. The Morgan fingerprint density at radius 1 is 1.26 bits per heavy atom. The summed E-state index contributed by atoms with van der Waals surface area (Å²) in [6.07, 6.45) is 7.25. The van der Waals surface area contributed by atoms with E-state index in [1.807, 2.05) is 12.1 Å². The number of rotatable bonds is 7. The van der Waals surface area contributed by atoms with Gasteiger partial charge in [-0.1, -0.05) is 15.9 Å². The maximum Gasteiger partial charge on any atom is 0.303 e. The molecule has 0 radical (unpaired) electrons. The minimum absolute atomic E-state index is 0.0382. The Morgan fingerprint density at radius 3 is 2.52 bits per heavy atom. The van der Waals surface area contributed by atoms with E-state index in [1.54, 1.807) is 7.11 Å². The van der Waals surface area contributed by atoms with Crippen LogP contribution in [-0.4, -0.2) is 24.3 Å². The lowest BCUT2D eigenvalue weighted by Crippen LogP contribution is -2.13. The van der Waals surface area contributed by atoms with E-state index in [0.29, 0.717) is 11.7 Å². The van der Waals surface area contributed by atoms with Gasteiger partial charge in [-0.05, 0) is 68.1 Å². The average Bonchev–Trinajstić information content (AvgIpc) is 3.23. The molecule has 0 saturated heterocycles. The number of carbonyl (C=O) groups is 1. The van der Waals surface area contributed by atoms with Crippen molar-refractivity contribution in [2.24, 2.45) is 5.92 Å². The molecular weight excluding hydrogens is 360 g/mol. The second kappa shape index (κ2) is 7.12. The number of carboxylic acids is 1. The minimum atomic E-state index is -0.751. The molecule has 0 heterocycles. The first-order valence-corrected chi connectivity index (χ1v) is 9.13. The van der Waals surface area contributed by atoms with Crippen LogP contribution in [0.4, 0.5) is 0 Å². The summed E-state index contributed by atoms with van der Waals surface area (Å²) in [5.74, 6) is 1.20. The fraction of sp³-hybridized carbons (Fsp3) is 0.611. The summed E-state index contributed by atoms with van der Waals surface area (Å²) in [4.78, 5) is 11.2. The Hall–Kier alpha value is -1.23. The molecule has 2 aliphatic rings. The van der Waals surface area contributed by atoms with Gasteiger partial charge in [-0.25, -0.2) is 0 Å². The highest BCUT2D eigenvalue weighted by Gasteiger charge is 2.35. The number of methoxy groups -OCH3 is 1. The van der Waals surface area contributed by atoms with Crippen LogP contribution in [0.1, 0.15) is 56.4 Å². The van der Waals surface area contributed by atoms with Crippen LogP contribution in [0, 0.1) is 5.92 Å². The molecule has 126 valence electrons. The van der Waals surface area contributed by atoms with Gasteiger partial charge in [0.05, 0.1) is 19.6 Å². The molecule has 2 saturated carbocycles. The van der Waals surface area contributed by atoms with E-state index in [1.165, 1.54) is 12.8 Å². The normalized spacial score (nSPS) is 19.6. The van der Waals surface area contributed by atoms with Gasteiger partial charge >= 0.3 is 5.97 Å². The van der Waals surface area contributed by atoms with Crippen molar-refractivity contribution in [3.05, 3.63) is 22.2 Å². The zero-order valence-corrected chi connectivity index (χ0v) is 15.0. The molecule has 3 rings (SSSR count). The highest BCUT2D eigenvalue weighted by atomic mass is 79.9. The summed E-state index contributed by atoms with van der Waals surface area (Å²) in [6, 6.07) is 3.91. The molecule has 1 atom stereocenters. The topological polar surface area (TPSA) is 55.8 Å². The van der Waals surface area contributed by atoms with E-state index >= 15 is 0 Å². The van der Waals surface area contributed by atoms with Crippen LogP contribution >= 0.6 is 15.9 Å². The monoisotopic (exact) mass is 382 g/mol. The molecule has 0 aliphatic heterocycles. The molecular formula is C18H23BrO4. The quantitative estimate of drug-likeness (QED) is 0.739. The lowest BCUT2D eigenvalue weighted by molar-refractivity contribution is -0.137. The lowest BCUT2D eigenvalue weighted by Gasteiger charge is -2.21. The van der Waals surface area contributed by atoms with Gasteiger partial charge in [0.15, 0.2) is 11.5 Å². The molecule has 0 aromatic heterocycles. The number of aliphatic carboxylic acids is 1. The van der Waals surface area contributed by atoms with Crippen LogP contribution in [0.2, 0.25) is 0 Å². The van der Waals surface area contributed by atoms with Crippen molar-refractivity contribution in [2.75, 3.05) is 7.11 Å². The molecule has 0 bridgehead atoms. The van der Waals surface area contributed by atoms with E-state index in [0.717, 1.165) is 41.5 Å². The van der Waals surface area contributed by atoms with E-state index in [-0.39, 0.29) is 18.4 Å². The lowest BCUT2D eigenvalue weighted by atomic mass is 9.90. The van der Waals surface area contributed by atoms with E-state index in [9.17, 15) is 9.90 Å². The summed E-state index contributed by atoms with van der Waals surface area (Å²) >= 11 is 3.62. The molecule has 2 fully saturated rings. The first kappa shape index (κ1) is 16.6. The van der Waals surface area contributed by atoms with Crippen LogP contribution < -0.4 is 9.47 Å². The van der Waals surface area contributed by atoms with Crippen molar-refractivity contribution in [1.29, 1.82) is 0 Å². The zero-order valence-electron chi connectivity index (χ0n) is 13.4. The number of benzene rings is 1. The van der Waals surface area contributed by atoms with Crippen molar-refractivity contribution in [3.8, 4) is 11.5 Å². The van der Waals surface area contributed by atoms with Gasteiger partial charge in [-0.15, -0.1) is 0 Å². The summed E-state index contributed by atoms with van der Waals surface area (Å²) in [5, 5.41) is 9.21. The summed E-state index contributed by atoms with van der Waals surface area (Å²) < 4.78 is 12.5. The second-order valence-corrected chi connectivity index (χ2v) is 7.45. The Bertz CT molecular complexity index is 577. The van der Waals surface area contributed by atoms with Gasteiger partial charge in [0.2, 0.25) is 0 Å². The Kier molecular flexibility index (Phi) is 5.14. The van der Waals surface area contributed by atoms with Crippen molar-refractivity contribution in [3.63, 3.8) is 0 Å². The number of hydrogen-bond acceptors (Lipinski definition) is 3. The van der Waals surface area contributed by atoms with Crippen LogP contribution in [0.5, 0.6) is 11.5 Å². The van der Waals surface area contributed by atoms with Crippen molar-refractivity contribution < 1.29 is 19.4 Å². The fourth-order valence-corrected chi connectivity index (χ4v) is 4.11. The van der Waals surface area contributed by atoms with Gasteiger partial charge in [0.1, 0.15) is 0 Å². The van der Waals surface area contributed by atoms with Gasteiger partial charge in [-0.3, -0.25) is 4.79 Å². The van der Waals surface area contributed by atoms with Gasteiger partial charge < -0.3 is 14.6 Å². The van der Waals surface area contributed by atoms with Crippen LogP contribution in [0.25, 0.3) is 0 Å². The highest BCUT2D eigenvalue weighted by Crippen LogP contribution is 2.48. The number of hydrogen-bond donors (Lipinski definition) is 1. The van der Waals surface area contributed by atoms with Crippen molar-refractivity contribution in [2.45, 2.75) is 57.0 Å². The van der Waals surface area contributed by atoms with Crippen molar-refractivity contribution in [1.82, 2.24) is 0 Å². The summed E-state index contributed by atoms with van der Waals surface area (Å²) in [6.45, 7) is 0. The van der Waals surface area contributed by atoms with E-state index < -0.39 is 5.97 Å². The molecule has 1 N–H and O–H groups in total. The van der Waals surface area contributed by atoms with Crippen LogP contribution in [0.15, 0.2) is 16.6 Å². The number of ether oxygens (including phenoxy) is 2. The molecule has 1 unspecified atom stereocenters. The number of carboxylic acid groups (broad SMARTS) is 1. The predicted octanol–water partition coefficient (Wildman–Crippen LogP) is 4.75. The Labute approximate surface area is 145 Å². The highest BCUT2D eigenvalue weighted by molar-refractivity contribution is 9.10. The molecule has 1 aromatic rings. The SMILES string of the molecule is COc1cc(C(CC(=O)O)C2CC2)c(Br)cc1OC1CCCC1. The second-order valence-electron chi connectivity index (χ2n) is 6.59. The molecule has 5 heteroatoms. The predicted molar refractivity (Wildman–Crippen MR) is 91.3 cm³/mol. The van der Waals surface area contributed by atoms with Gasteiger partial charge in [0.25, 0.3) is 0 Å². The fourth-order valence-electron chi connectivity index (χ4n) is 3.49.